The fraction of sp³-hybridized carbons (Fsp3) is 0.273. The van der Waals surface area contributed by atoms with Crippen LogP contribution in [0.15, 0.2) is 48.5 Å². The fourth-order valence-corrected chi connectivity index (χ4v) is 3.61. The topological polar surface area (TPSA) is 49.9 Å². The molecule has 1 fully saturated rings. The Balaban J connectivity index is 1.32. The van der Waals surface area contributed by atoms with Crippen LogP contribution >= 0.6 is 11.6 Å². The van der Waals surface area contributed by atoms with Crippen molar-refractivity contribution in [1.29, 1.82) is 0 Å². The number of carbonyl (C=O) groups is 2. The molecule has 0 saturated carbocycles. The first-order valence-corrected chi connectivity index (χ1v) is 9.75. The molecule has 0 N–H and O–H groups in total. The Hall–Kier alpha value is -2.79. The summed E-state index contributed by atoms with van der Waals surface area (Å²) in [4.78, 5) is 28.6. The van der Waals surface area contributed by atoms with Gasteiger partial charge < -0.3 is 14.5 Å². The lowest BCUT2D eigenvalue weighted by molar-refractivity contribution is -0.127. The van der Waals surface area contributed by atoms with E-state index in [1.165, 1.54) is 5.56 Å². The first kappa shape index (κ1) is 18.6. The Labute approximate surface area is 169 Å². The van der Waals surface area contributed by atoms with Crippen molar-refractivity contribution in [3.63, 3.8) is 0 Å². The van der Waals surface area contributed by atoms with Crippen molar-refractivity contribution in [2.24, 2.45) is 0 Å². The maximum atomic E-state index is 12.5. The van der Waals surface area contributed by atoms with Crippen LogP contribution in [0, 0.1) is 0 Å². The molecule has 2 amide bonds. The summed E-state index contributed by atoms with van der Waals surface area (Å²) in [7, 11) is 0. The van der Waals surface area contributed by atoms with Crippen LogP contribution in [0.5, 0.6) is 5.75 Å². The molecule has 2 aromatic rings. The molecule has 0 bridgehead atoms. The van der Waals surface area contributed by atoms with Gasteiger partial charge in [-0.1, -0.05) is 17.7 Å². The smallest absolute Gasteiger partial charge is 0.253 e. The second-order valence-electron chi connectivity index (χ2n) is 6.92. The lowest BCUT2D eigenvalue weighted by atomic mass is 10.1. The summed E-state index contributed by atoms with van der Waals surface area (Å²) in [5, 5.41) is 0.606. The molecule has 0 spiro atoms. The van der Waals surface area contributed by atoms with Crippen LogP contribution in [0.3, 0.4) is 0 Å². The van der Waals surface area contributed by atoms with Gasteiger partial charge in [-0.05, 0) is 53.6 Å². The van der Waals surface area contributed by atoms with E-state index in [1.54, 1.807) is 40.1 Å². The van der Waals surface area contributed by atoms with Crippen molar-refractivity contribution >= 4 is 29.5 Å². The first-order valence-electron chi connectivity index (χ1n) is 9.38. The lowest BCUT2D eigenvalue weighted by Gasteiger charge is -2.34. The zero-order chi connectivity index (χ0) is 19.5. The summed E-state index contributed by atoms with van der Waals surface area (Å²) in [5.41, 5.74) is 2.79. The number of carbonyl (C=O) groups excluding carboxylic acids is 2. The Bertz CT molecular complexity index is 916. The number of piperazine rings is 1. The second-order valence-corrected chi connectivity index (χ2v) is 7.36. The van der Waals surface area contributed by atoms with Gasteiger partial charge in [0.1, 0.15) is 5.75 Å². The summed E-state index contributed by atoms with van der Waals surface area (Å²) in [6.07, 6.45) is 4.36. The van der Waals surface area contributed by atoms with Gasteiger partial charge in [-0.3, -0.25) is 9.59 Å². The van der Waals surface area contributed by atoms with Gasteiger partial charge in [0.15, 0.2) is 0 Å². The van der Waals surface area contributed by atoms with E-state index in [1.807, 2.05) is 18.2 Å². The third kappa shape index (κ3) is 4.04. The minimum atomic E-state index is -0.0321. The number of rotatable bonds is 3. The monoisotopic (exact) mass is 396 g/mol. The summed E-state index contributed by atoms with van der Waals surface area (Å²) in [5.74, 6) is 0.875. The summed E-state index contributed by atoms with van der Waals surface area (Å²) in [6.45, 7) is 2.83. The minimum absolute atomic E-state index is 0.0281. The molecule has 2 aliphatic heterocycles. The van der Waals surface area contributed by atoms with Gasteiger partial charge in [-0.15, -0.1) is 0 Å². The number of hydrogen-bond acceptors (Lipinski definition) is 3. The predicted octanol–water partition coefficient (Wildman–Crippen LogP) is 3.27. The largest absolute Gasteiger partial charge is 0.493 e. The van der Waals surface area contributed by atoms with E-state index in [9.17, 15) is 9.59 Å². The maximum absolute atomic E-state index is 12.5. The Morgan fingerprint density at radius 2 is 1.68 bits per heavy atom. The molecular formula is C22H21ClN2O3. The standard InChI is InChI=1S/C22H21ClN2O3/c23-19-5-3-17(4-6-19)22(27)25-12-10-24(11-13-25)21(26)8-2-16-1-7-20-18(15-16)9-14-28-20/h1-8,15H,9-14H2/b8-2+. The first-order chi connectivity index (χ1) is 13.6. The lowest BCUT2D eigenvalue weighted by Crippen LogP contribution is -2.50. The number of halogens is 1. The number of fused-ring (bicyclic) bond motifs is 1. The van der Waals surface area contributed by atoms with Gasteiger partial charge >= 0.3 is 0 Å². The zero-order valence-corrected chi connectivity index (χ0v) is 16.2. The van der Waals surface area contributed by atoms with Gasteiger partial charge in [0.25, 0.3) is 5.91 Å². The third-order valence-corrected chi connectivity index (χ3v) is 5.35. The van der Waals surface area contributed by atoms with E-state index in [0.717, 1.165) is 24.3 Å². The van der Waals surface area contributed by atoms with Crippen LogP contribution in [0.1, 0.15) is 21.5 Å². The summed E-state index contributed by atoms with van der Waals surface area (Å²) >= 11 is 5.88. The molecule has 1 saturated heterocycles. The van der Waals surface area contributed by atoms with Gasteiger partial charge in [-0.25, -0.2) is 0 Å². The molecule has 0 radical (unpaired) electrons. The van der Waals surface area contributed by atoms with Crippen LogP contribution < -0.4 is 4.74 Å². The second kappa shape index (κ2) is 8.07. The highest BCUT2D eigenvalue weighted by atomic mass is 35.5. The number of nitrogens with zero attached hydrogens (tertiary/aromatic N) is 2. The Kier molecular flexibility index (Phi) is 5.35. The number of amides is 2. The molecule has 0 aliphatic carbocycles. The minimum Gasteiger partial charge on any atom is -0.493 e. The highest BCUT2D eigenvalue weighted by Gasteiger charge is 2.23. The zero-order valence-electron chi connectivity index (χ0n) is 15.4. The molecule has 2 heterocycles. The molecule has 144 valence electrons. The summed E-state index contributed by atoms with van der Waals surface area (Å²) in [6, 6.07) is 12.9. The van der Waals surface area contributed by atoms with Crippen LogP contribution in [0.25, 0.3) is 6.08 Å². The molecule has 28 heavy (non-hydrogen) atoms. The highest BCUT2D eigenvalue weighted by molar-refractivity contribution is 6.30. The summed E-state index contributed by atoms with van der Waals surface area (Å²) < 4.78 is 5.50. The van der Waals surface area contributed by atoms with Crippen LogP contribution in [0.2, 0.25) is 5.02 Å². The van der Waals surface area contributed by atoms with E-state index in [4.69, 9.17) is 16.3 Å². The highest BCUT2D eigenvalue weighted by Crippen LogP contribution is 2.26. The van der Waals surface area contributed by atoms with Crippen molar-refractivity contribution in [3.8, 4) is 5.75 Å². The molecule has 2 aromatic carbocycles. The quantitative estimate of drug-likeness (QED) is 0.748. The Morgan fingerprint density at radius 3 is 2.43 bits per heavy atom. The van der Waals surface area contributed by atoms with E-state index >= 15 is 0 Å². The molecule has 0 unspecified atom stereocenters. The molecule has 2 aliphatic rings. The van der Waals surface area contributed by atoms with Crippen molar-refractivity contribution < 1.29 is 14.3 Å². The SMILES string of the molecule is O=C(/C=C/c1ccc2c(c1)CCO2)N1CCN(C(=O)c2ccc(Cl)cc2)CC1. The van der Waals surface area contributed by atoms with E-state index in [2.05, 4.69) is 6.07 Å². The van der Waals surface area contributed by atoms with Crippen molar-refractivity contribution in [2.75, 3.05) is 32.8 Å². The van der Waals surface area contributed by atoms with Crippen LogP contribution in [-0.4, -0.2) is 54.4 Å². The Morgan fingerprint density at radius 1 is 0.964 bits per heavy atom. The average Bonchev–Trinajstić information content (AvgIpc) is 3.20. The van der Waals surface area contributed by atoms with E-state index in [-0.39, 0.29) is 11.8 Å². The number of benzene rings is 2. The molecule has 0 aromatic heterocycles. The van der Waals surface area contributed by atoms with Crippen molar-refractivity contribution in [3.05, 3.63) is 70.3 Å². The van der Waals surface area contributed by atoms with Crippen molar-refractivity contribution in [1.82, 2.24) is 9.80 Å². The van der Waals surface area contributed by atoms with E-state index < -0.39 is 0 Å². The van der Waals surface area contributed by atoms with E-state index in [0.29, 0.717) is 36.8 Å². The van der Waals surface area contributed by atoms with Crippen LogP contribution in [-0.2, 0) is 11.2 Å². The molecule has 4 rings (SSSR count). The fourth-order valence-electron chi connectivity index (χ4n) is 3.49. The normalized spacial score (nSPS) is 16.2. The molecular weight excluding hydrogens is 376 g/mol. The van der Waals surface area contributed by atoms with Gasteiger partial charge in [-0.2, -0.15) is 0 Å². The number of hydrogen-bond donors (Lipinski definition) is 0. The third-order valence-electron chi connectivity index (χ3n) is 5.10. The predicted molar refractivity (Wildman–Crippen MR) is 109 cm³/mol. The molecule has 5 nitrogen and oxygen atoms in total. The van der Waals surface area contributed by atoms with Gasteiger partial charge in [0.2, 0.25) is 5.91 Å². The maximum Gasteiger partial charge on any atom is 0.253 e. The molecule has 6 heteroatoms. The molecule has 0 atom stereocenters. The van der Waals surface area contributed by atoms with Crippen molar-refractivity contribution in [2.45, 2.75) is 6.42 Å². The van der Waals surface area contributed by atoms with Gasteiger partial charge in [0.05, 0.1) is 6.61 Å². The number of ether oxygens (including phenoxy) is 1. The average molecular weight is 397 g/mol. The van der Waals surface area contributed by atoms with Crippen LogP contribution in [0.4, 0.5) is 0 Å². The van der Waals surface area contributed by atoms with Gasteiger partial charge in [0, 0.05) is 49.3 Å².